The van der Waals surface area contributed by atoms with E-state index in [2.05, 4.69) is 21.2 Å². The van der Waals surface area contributed by atoms with E-state index >= 15 is 0 Å². The highest BCUT2D eigenvalue weighted by atomic mass is 19.4. The number of fused-ring (bicyclic) bond motifs is 2. The lowest BCUT2D eigenvalue weighted by molar-refractivity contribution is -0.134. The summed E-state index contributed by atoms with van der Waals surface area (Å²) >= 11 is 0. The third-order valence-corrected chi connectivity index (χ3v) is 6.68. The van der Waals surface area contributed by atoms with Crippen LogP contribution < -0.4 is 27.7 Å². The van der Waals surface area contributed by atoms with Crippen molar-refractivity contribution in [3.63, 3.8) is 0 Å². The van der Waals surface area contributed by atoms with Gasteiger partial charge in [-0.3, -0.25) is 4.79 Å². The summed E-state index contributed by atoms with van der Waals surface area (Å²) in [5, 5.41) is 9.93. The molecule has 0 radical (unpaired) electrons. The quantitative estimate of drug-likeness (QED) is 0.141. The van der Waals surface area contributed by atoms with Gasteiger partial charge in [-0.2, -0.15) is 18.3 Å². The van der Waals surface area contributed by atoms with Crippen molar-refractivity contribution >= 4 is 23.0 Å². The van der Waals surface area contributed by atoms with E-state index in [0.29, 0.717) is 18.4 Å². The number of hydrazine groups is 1. The molecule has 2 aromatic carbocycles. The summed E-state index contributed by atoms with van der Waals surface area (Å²) in [4.78, 5) is 13.4. The summed E-state index contributed by atoms with van der Waals surface area (Å²) in [5.74, 6) is 10.9. The number of hydrogen-bond donors (Lipinski definition) is 5. The summed E-state index contributed by atoms with van der Waals surface area (Å²) in [6.07, 6.45) is -3.07. The first-order chi connectivity index (χ1) is 16.7. The standard InChI is InChI=1S/C25H29F3N6O/c1-15-3-5-16(6-4-15)19-14-24(32-23(35)21(19)22(33-29)34-30)11-9-17-7-8-18(13-20(17)24)31-12-2-10-25(26,27)28/h3-8,13,31H,2,9-12,14,29-30H2,1H3,(H,32,35)(H,33,34). The van der Waals surface area contributed by atoms with Crippen molar-refractivity contribution in [2.45, 2.75) is 50.7 Å². The van der Waals surface area contributed by atoms with Gasteiger partial charge in [0.2, 0.25) is 0 Å². The molecular weight excluding hydrogens is 457 g/mol. The first-order valence-electron chi connectivity index (χ1n) is 11.5. The van der Waals surface area contributed by atoms with Crippen molar-refractivity contribution in [3.8, 4) is 0 Å². The van der Waals surface area contributed by atoms with Crippen LogP contribution in [0.1, 0.15) is 47.9 Å². The second-order valence-corrected chi connectivity index (χ2v) is 9.07. The Hall–Kier alpha value is -3.53. The Morgan fingerprint density at radius 1 is 1.20 bits per heavy atom. The predicted molar refractivity (Wildman–Crippen MR) is 130 cm³/mol. The van der Waals surface area contributed by atoms with E-state index in [0.717, 1.165) is 39.9 Å². The Bertz CT molecular complexity index is 1170. The molecule has 1 amide bonds. The molecule has 35 heavy (non-hydrogen) atoms. The minimum atomic E-state index is -4.17. The molecule has 1 heterocycles. The average Bonchev–Trinajstić information content (AvgIpc) is 3.15. The normalized spacial score (nSPS) is 20.1. The van der Waals surface area contributed by atoms with Crippen LogP contribution in [0.5, 0.6) is 0 Å². The molecule has 0 fully saturated rings. The van der Waals surface area contributed by atoms with Gasteiger partial charge in [-0.15, -0.1) is 0 Å². The van der Waals surface area contributed by atoms with Gasteiger partial charge in [-0.25, -0.2) is 5.84 Å². The first-order valence-corrected chi connectivity index (χ1v) is 11.5. The Kier molecular flexibility index (Phi) is 6.75. The van der Waals surface area contributed by atoms with Gasteiger partial charge in [-0.1, -0.05) is 35.9 Å². The highest BCUT2D eigenvalue weighted by Crippen LogP contribution is 2.47. The van der Waals surface area contributed by atoms with E-state index in [1.165, 1.54) is 0 Å². The number of carbonyl (C=O) groups is 1. The predicted octanol–water partition coefficient (Wildman–Crippen LogP) is 3.60. The summed E-state index contributed by atoms with van der Waals surface area (Å²) in [5.41, 5.74) is 7.56. The van der Waals surface area contributed by atoms with Gasteiger partial charge in [0.1, 0.15) is 0 Å². The van der Waals surface area contributed by atoms with Crippen LogP contribution in [-0.2, 0) is 16.8 Å². The SMILES string of the molecule is Cc1ccc(C2=C(/C(=N/N)NN)C(=O)NC3(CCc4ccc(NCCCC(F)(F)F)cc43)C2)cc1. The molecule has 1 aliphatic carbocycles. The third kappa shape index (κ3) is 5.12. The van der Waals surface area contributed by atoms with Crippen molar-refractivity contribution in [2.75, 3.05) is 11.9 Å². The number of hydrogen-bond acceptors (Lipinski definition) is 5. The number of alkyl halides is 3. The molecule has 0 bridgehead atoms. The fourth-order valence-corrected chi connectivity index (χ4v) is 4.94. The number of amidine groups is 1. The van der Waals surface area contributed by atoms with Gasteiger partial charge in [-0.05, 0) is 60.6 Å². The molecule has 2 aliphatic rings. The van der Waals surface area contributed by atoms with Gasteiger partial charge >= 0.3 is 6.18 Å². The van der Waals surface area contributed by atoms with E-state index in [-0.39, 0.29) is 24.7 Å². The smallest absolute Gasteiger partial charge is 0.385 e. The Balaban J connectivity index is 1.68. The number of hydrazone groups is 1. The maximum Gasteiger partial charge on any atom is 0.389 e. The van der Waals surface area contributed by atoms with Crippen LogP contribution in [0, 0.1) is 6.92 Å². The van der Waals surface area contributed by atoms with Gasteiger partial charge in [0.25, 0.3) is 5.91 Å². The number of nitrogens with zero attached hydrogens (tertiary/aromatic N) is 1. The number of nitrogens with two attached hydrogens (primary N) is 2. The second-order valence-electron chi connectivity index (χ2n) is 9.07. The second kappa shape index (κ2) is 9.61. The van der Waals surface area contributed by atoms with E-state index < -0.39 is 18.1 Å². The number of anilines is 1. The van der Waals surface area contributed by atoms with Crippen LogP contribution in [0.25, 0.3) is 5.57 Å². The summed E-state index contributed by atoms with van der Waals surface area (Å²) in [6, 6.07) is 13.6. The zero-order chi connectivity index (χ0) is 25.2. The lowest BCUT2D eigenvalue weighted by Gasteiger charge is -2.38. The van der Waals surface area contributed by atoms with Crippen molar-refractivity contribution in [3.05, 3.63) is 70.3 Å². The van der Waals surface area contributed by atoms with E-state index in [9.17, 15) is 18.0 Å². The first kappa shape index (κ1) is 24.6. The van der Waals surface area contributed by atoms with Crippen molar-refractivity contribution < 1.29 is 18.0 Å². The van der Waals surface area contributed by atoms with Gasteiger partial charge < -0.3 is 21.9 Å². The highest BCUT2D eigenvalue weighted by molar-refractivity contribution is 6.26. The van der Waals surface area contributed by atoms with E-state index in [4.69, 9.17) is 11.7 Å². The number of nitrogens with one attached hydrogen (secondary N) is 3. The van der Waals surface area contributed by atoms with Gasteiger partial charge in [0.15, 0.2) is 5.84 Å². The summed E-state index contributed by atoms with van der Waals surface area (Å²) in [7, 11) is 0. The zero-order valence-electron chi connectivity index (χ0n) is 19.4. The van der Waals surface area contributed by atoms with Crippen LogP contribution in [0.2, 0.25) is 0 Å². The topological polar surface area (TPSA) is 118 Å². The molecule has 1 unspecified atom stereocenters. The number of amides is 1. The molecule has 7 N–H and O–H groups in total. The highest BCUT2D eigenvalue weighted by Gasteiger charge is 2.46. The molecule has 10 heteroatoms. The number of carbonyl (C=O) groups excluding carboxylic acids is 1. The maximum atomic E-state index is 13.4. The van der Waals surface area contributed by atoms with E-state index in [1.807, 2.05) is 49.4 Å². The molecule has 0 saturated heterocycles. The molecule has 1 atom stereocenters. The number of rotatable bonds is 6. The van der Waals surface area contributed by atoms with Crippen molar-refractivity contribution in [1.82, 2.24) is 10.7 Å². The molecular formula is C25H29F3N6O. The van der Waals surface area contributed by atoms with Crippen LogP contribution in [0.4, 0.5) is 18.9 Å². The Morgan fingerprint density at radius 3 is 2.60 bits per heavy atom. The molecule has 7 nitrogen and oxygen atoms in total. The largest absolute Gasteiger partial charge is 0.389 e. The average molecular weight is 487 g/mol. The molecule has 2 aromatic rings. The minimum absolute atomic E-state index is 0.0145. The Labute approximate surface area is 201 Å². The van der Waals surface area contributed by atoms with Crippen molar-refractivity contribution in [2.24, 2.45) is 16.8 Å². The van der Waals surface area contributed by atoms with Crippen LogP contribution in [0.3, 0.4) is 0 Å². The number of halogens is 3. The molecule has 4 rings (SSSR count). The lowest BCUT2D eigenvalue weighted by Crippen LogP contribution is -2.51. The number of benzene rings is 2. The zero-order valence-corrected chi connectivity index (χ0v) is 19.4. The van der Waals surface area contributed by atoms with Gasteiger partial charge in [0.05, 0.1) is 11.1 Å². The molecule has 0 aromatic heterocycles. The summed E-state index contributed by atoms with van der Waals surface area (Å²) in [6.45, 7) is 2.19. The van der Waals surface area contributed by atoms with Crippen molar-refractivity contribution in [1.29, 1.82) is 0 Å². The van der Waals surface area contributed by atoms with Crippen LogP contribution in [-0.4, -0.2) is 24.5 Å². The monoisotopic (exact) mass is 486 g/mol. The maximum absolute atomic E-state index is 13.4. The minimum Gasteiger partial charge on any atom is -0.385 e. The molecule has 1 aliphatic heterocycles. The fraction of sp³-hybridized carbons (Fsp3) is 0.360. The molecule has 186 valence electrons. The summed E-state index contributed by atoms with van der Waals surface area (Å²) < 4.78 is 37.4. The Morgan fingerprint density at radius 2 is 1.94 bits per heavy atom. The lowest BCUT2D eigenvalue weighted by atomic mass is 9.77. The molecule has 0 saturated carbocycles. The van der Waals surface area contributed by atoms with Crippen LogP contribution >= 0.6 is 0 Å². The van der Waals surface area contributed by atoms with Gasteiger partial charge in [0, 0.05) is 25.1 Å². The molecule has 1 spiro atoms. The fourth-order valence-electron chi connectivity index (χ4n) is 4.94. The third-order valence-electron chi connectivity index (χ3n) is 6.68. The number of aryl methyl sites for hydroxylation is 2. The van der Waals surface area contributed by atoms with E-state index in [1.54, 1.807) is 0 Å². The van der Waals surface area contributed by atoms with Crippen LogP contribution in [0.15, 0.2) is 53.1 Å².